The number of benzene rings is 1. The van der Waals surface area contributed by atoms with Gasteiger partial charge in [-0.3, -0.25) is 10.1 Å². The van der Waals surface area contributed by atoms with E-state index in [0.29, 0.717) is 18.8 Å². The Labute approximate surface area is 182 Å². The van der Waals surface area contributed by atoms with Crippen molar-refractivity contribution in [2.45, 2.75) is 0 Å². The Morgan fingerprint density at radius 1 is 1.12 bits per heavy atom. The summed E-state index contributed by atoms with van der Waals surface area (Å²) in [6.45, 7) is 2.75. The molecule has 0 atom stereocenters. The maximum Gasteiger partial charge on any atom is 0.433 e. The van der Waals surface area contributed by atoms with E-state index in [0.717, 1.165) is 13.1 Å². The van der Waals surface area contributed by atoms with E-state index in [4.69, 9.17) is 4.42 Å². The summed E-state index contributed by atoms with van der Waals surface area (Å²) in [5, 5.41) is 23.2. The smallest absolute Gasteiger partial charge is 0.433 e. The van der Waals surface area contributed by atoms with E-state index in [2.05, 4.69) is 20.2 Å². The van der Waals surface area contributed by atoms with Gasteiger partial charge < -0.3 is 24.6 Å². The summed E-state index contributed by atoms with van der Waals surface area (Å²) >= 11 is 0. The van der Waals surface area contributed by atoms with E-state index in [9.17, 15) is 15.2 Å². The second kappa shape index (κ2) is 9.02. The number of aromatic hydroxyl groups is 1. The summed E-state index contributed by atoms with van der Waals surface area (Å²) in [7, 11) is 2.00. The van der Waals surface area contributed by atoms with Crippen LogP contribution in [0, 0.1) is 15.9 Å². The summed E-state index contributed by atoms with van der Waals surface area (Å²) in [5.41, 5.74) is 0.543. The number of phenolic OH excluding ortho intramolecular Hbond substituents is 1. The standard InChI is InChI=1S/C21H21FN6O4/c1-26-10-12-27(13-11-26)21-19(22)20(23-14-2-4-15(29)5-3-14)24-17(25-21)8-6-16-7-9-18(32-16)28(30)31/h2-9,29H,10-13H2,1H3,(H,23,24,25). The minimum absolute atomic E-state index is 0.0234. The van der Waals surface area contributed by atoms with Crippen LogP contribution in [0.5, 0.6) is 5.75 Å². The minimum Gasteiger partial charge on any atom is -0.508 e. The van der Waals surface area contributed by atoms with Gasteiger partial charge in [0.1, 0.15) is 16.4 Å². The zero-order valence-corrected chi connectivity index (χ0v) is 17.2. The Morgan fingerprint density at radius 2 is 1.84 bits per heavy atom. The molecule has 2 aromatic heterocycles. The lowest BCUT2D eigenvalue weighted by Gasteiger charge is -2.33. The molecular formula is C21H21FN6O4. The van der Waals surface area contributed by atoms with Crippen molar-refractivity contribution in [3.05, 3.63) is 63.9 Å². The number of nitro groups is 1. The van der Waals surface area contributed by atoms with Crippen molar-refractivity contribution in [2.24, 2.45) is 0 Å². The quantitative estimate of drug-likeness (QED) is 0.337. The minimum atomic E-state index is -0.628. The van der Waals surface area contributed by atoms with Gasteiger partial charge in [0.15, 0.2) is 17.5 Å². The second-order valence-corrected chi connectivity index (χ2v) is 7.30. The molecule has 0 unspecified atom stereocenters. The number of nitrogens with zero attached hydrogens (tertiary/aromatic N) is 5. The lowest BCUT2D eigenvalue weighted by atomic mass is 10.3. The van der Waals surface area contributed by atoms with Gasteiger partial charge in [0, 0.05) is 31.9 Å². The van der Waals surface area contributed by atoms with Crippen LogP contribution in [0.25, 0.3) is 12.2 Å². The van der Waals surface area contributed by atoms with Crippen LogP contribution in [0.3, 0.4) is 0 Å². The number of halogens is 1. The average Bonchev–Trinajstić information content (AvgIpc) is 3.26. The van der Waals surface area contributed by atoms with E-state index in [1.165, 1.54) is 36.4 Å². The lowest BCUT2D eigenvalue weighted by molar-refractivity contribution is -0.402. The molecule has 0 saturated carbocycles. The van der Waals surface area contributed by atoms with E-state index in [1.54, 1.807) is 12.1 Å². The van der Waals surface area contributed by atoms with Gasteiger partial charge in [-0.25, -0.2) is 9.97 Å². The molecule has 166 valence electrons. The molecule has 0 amide bonds. The molecule has 4 rings (SSSR count). The van der Waals surface area contributed by atoms with Crippen molar-refractivity contribution in [3.63, 3.8) is 0 Å². The summed E-state index contributed by atoms with van der Waals surface area (Å²) in [5.74, 6) is -0.275. The lowest BCUT2D eigenvalue weighted by Crippen LogP contribution is -2.45. The molecule has 3 heterocycles. The van der Waals surface area contributed by atoms with Crippen LogP contribution in [-0.2, 0) is 0 Å². The summed E-state index contributed by atoms with van der Waals surface area (Å²) in [4.78, 5) is 22.8. The van der Waals surface area contributed by atoms with Crippen LogP contribution < -0.4 is 10.2 Å². The Morgan fingerprint density at radius 3 is 2.50 bits per heavy atom. The molecule has 10 nitrogen and oxygen atoms in total. The topological polar surface area (TPSA) is 121 Å². The first kappa shape index (κ1) is 21.2. The van der Waals surface area contributed by atoms with Gasteiger partial charge in [-0.2, -0.15) is 4.39 Å². The molecule has 0 bridgehead atoms. The predicted molar refractivity (Wildman–Crippen MR) is 117 cm³/mol. The molecular weight excluding hydrogens is 419 g/mol. The number of furan rings is 1. The van der Waals surface area contributed by atoms with Gasteiger partial charge in [-0.15, -0.1) is 0 Å². The highest BCUT2D eigenvalue weighted by molar-refractivity contribution is 5.68. The number of piperazine rings is 1. The first-order valence-corrected chi connectivity index (χ1v) is 9.88. The highest BCUT2D eigenvalue weighted by atomic mass is 19.1. The SMILES string of the molecule is CN1CCN(c2nc(C=Cc3ccc([N+](=O)[O-])o3)nc(Nc3ccc(O)cc3)c2F)CC1. The number of aromatic nitrogens is 2. The maximum atomic E-state index is 15.3. The fraction of sp³-hybridized carbons (Fsp3) is 0.238. The molecule has 0 aliphatic carbocycles. The molecule has 1 fully saturated rings. The number of rotatable bonds is 6. The van der Waals surface area contributed by atoms with Crippen molar-refractivity contribution in [1.82, 2.24) is 14.9 Å². The first-order valence-electron chi connectivity index (χ1n) is 9.88. The summed E-state index contributed by atoms with van der Waals surface area (Å²) in [6, 6.07) is 8.86. The number of likely N-dealkylation sites (N-methyl/N-ethyl adjacent to an activating group) is 1. The molecule has 1 aromatic carbocycles. The number of hydrogen-bond donors (Lipinski definition) is 2. The second-order valence-electron chi connectivity index (χ2n) is 7.30. The number of anilines is 3. The van der Waals surface area contributed by atoms with Crippen LogP contribution in [0.2, 0.25) is 0 Å². The van der Waals surface area contributed by atoms with Crippen LogP contribution in [0.15, 0.2) is 40.8 Å². The zero-order valence-electron chi connectivity index (χ0n) is 17.2. The monoisotopic (exact) mass is 440 g/mol. The number of hydrogen-bond acceptors (Lipinski definition) is 9. The average molecular weight is 440 g/mol. The Kier molecular flexibility index (Phi) is 5.99. The fourth-order valence-corrected chi connectivity index (χ4v) is 3.21. The Balaban J connectivity index is 1.67. The highest BCUT2D eigenvalue weighted by Gasteiger charge is 2.22. The third-order valence-electron chi connectivity index (χ3n) is 4.97. The van der Waals surface area contributed by atoms with Crippen LogP contribution in [0.1, 0.15) is 11.6 Å². The van der Waals surface area contributed by atoms with Crippen LogP contribution in [-0.4, -0.2) is 58.1 Å². The normalized spacial score (nSPS) is 14.8. The molecule has 1 saturated heterocycles. The zero-order chi connectivity index (χ0) is 22.7. The highest BCUT2D eigenvalue weighted by Crippen LogP contribution is 2.27. The Hall–Kier alpha value is -3.99. The van der Waals surface area contributed by atoms with E-state index < -0.39 is 10.7 Å². The van der Waals surface area contributed by atoms with Crippen LogP contribution >= 0.6 is 0 Å². The van der Waals surface area contributed by atoms with Crippen molar-refractivity contribution in [2.75, 3.05) is 43.4 Å². The van der Waals surface area contributed by atoms with Crippen molar-refractivity contribution in [3.8, 4) is 5.75 Å². The van der Waals surface area contributed by atoms with Crippen molar-refractivity contribution < 1.29 is 18.8 Å². The summed E-state index contributed by atoms with van der Waals surface area (Å²) in [6.07, 6.45) is 2.99. The first-order chi connectivity index (χ1) is 15.4. The molecule has 1 aliphatic rings. The number of phenols is 1. The van der Waals surface area contributed by atoms with Gasteiger partial charge in [-0.05, 0) is 49.5 Å². The maximum absolute atomic E-state index is 15.3. The molecule has 2 N–H and O–H groups in total. The molecule has 32 heavy (non-hydrogen) atoms. The molecule has 11 heteroatoms. The Bertz CT molecular complexity index is 1140. The van der Waals surface area contributed by atoms with Gasteiger partial charge in [0.05, 0.1) is 6.07 Å². The molecule has 3 aromatic rings. The molecule has 0 radical (unpaired) electrons. The van der Waals surface area contributed by atoms with Crippen molar-refractivity contribution in [1.29, 1.82) is 0 Å². The van der Waals surface area contributed by atoms with Gasteiger partial charge in [-0.1, -0.05) is 0 Å². The van der Waals surface area contributed by atoms with E-state index in [-0.39, 0.29) is 34.9 Å². The predicted octanol–water partition coefficient (Wildman–Crippen LogP) is 3.49. The molecule has 0 spiro atoms. The largest absolute Gasteiger partial charge is 0.508 e. The van der Waals surface area contributed by atoms with E-state index in [1.807, 2.05) is 11.9 Å². The fourth-order valence-electron chi connectivity index (χ4n) is 3.21. The summed E-state index contributed by atoms with van der Waals surface area (Å²) < 4.78 is 20.5. The van der Waals surface area contributed by atoms with Gasteiger partial charge in [0.2, 0.25) is 5.82 Å². The van der Waals surface area contributed by atoms with Crippen LogP contribution in [0.4, 0.5) is 27.6 Å². The van der Waals surface area contributed by atoms with E-state index >= 15 is 4.39 Å². The third kappa shape index (κ3) is 4.83. The van der Waals surface area contributed by atoms with Gasteiger partial charge in [0.25, 0.3) is 0 Å². The third-order valence-corrected chi connectivity index (χ3v) is 4.97. The van der Waals surface area contributed by atoms with Crippen molar-refractivity contribution >= 4 is 35.4 Å². The number of nitrogens with one attached hydrogen (secondary N) is 1. The van der Waals surface area contributed by atoms with Gasteiger partial charge >= 0.3 is 5.88 Å². The molecule has 1 aliphatic heterocycles.